The van der Waals surface area contributed by atoms with Crippen LogP contribution in [0.5, 0.6) is 0 Å². The van der Waals surface area contributed by atoms with E-state index in [4.69, 9.17) is 4.98 Å². The summed E-state index contributed by atoms with van der Waals surface area (Å²) in [4.78, 5) is 21.6. The van der Waals surface area contributed by atoms with Crippen molar-refractivity contribution >= 4 is 22.8 Å². The van der Waals surface area contributed by atoms with Gasteiger partial charge in [0.15, 0.2) is 11.4 Å². The predicted octanol–water partition coefficient (Wildman–Crippen LogP) is 2.36. The Morgan fingerprint density at radius 3 is 2.84 bits per heavy atom. The van der Waals surface area contributed by atoms with Crippen molar-refractivity contribution in [3.8, 4) is 0 Å². The molecule has 0 radical (unpaired) electrons. The molecule has 1 aromatic heterocycles. The van der Waals surface area contributed by atoms with E-state index in [0.717, 1.165) is 48.0 Å². The Kier molecular flexibility index (Phi) is 3.58. The van der Waals surface area contributed by atoms with Crippen molar-refractivity contribution in [2.45, 2.75) is 38.1 Å². The van der Waals surface area contributed by atoms with Crippen molar-refractivity contribution in [1.29, 1.82) is 0 Å². The number of nitrogens with zero attached hydrogens (tertiary/aromatic N) is 3. The highest BCUT2D eigenvalue weighted by Gasteiger charge is 2.31. The second-order valence-electron chi connectivity index (χ2n) is 5.63. The Balaban J connectivity index is 1.80. The number of aldehydes is 1. The molecule has 0 spiro atoms. The highest BCUT2D eigenvalue weighted by atomic mass is 32.1. The fraction of sp³-hybridized carbons (Fsp3) is 0.714. The number of piperazine rings is 1. The molecule has 2 fully saturated rings. The number of hydrogen-bond acceptors (Lipinski definition) is 5. The number of carbonyl (C=O) groups is 1. The molecule has 4 nitrogen and oxygen atoms in total. The molecular formula is C14H21N3OS. The first kappa shape index (κ1) is 13.1. The van der Waals surface area contributed by atoms with Gasteiger partial charge in [0.25, 0.3) is 0 Å². The zero-order valence-electron chi connectivity index (χ0n) is 11.6. The normalized spacial score (nSPS) is 24.7. The van der Waals surface area contributed by atoms with Crippen LogP contribution in [0.3, 0.4) is 0 Å². The molecule has 2 heterocycles. The van der Waals surface area contributed by atoms with E-state index in [9.17, 15) is 4.79 Å². The highest BCUT2D eigenvalue weighted by molar-refractivity contribution is 7.17. The van der Waals surface area contributed by atoms with Crippen molar-refractivity contribution in [2.24, 2.45) is 0 Å². The second kappa shape index (κ2) is 5.21. The molecule has 2 aliphatic rings. The first-order valence-corrected chi connectivity index (χ1v) is 7.95. The molecule has 104 valence electrons. The molecule has 0 amide bonds. The van der Waals surface area contributed by atoms with Gasteiger partial charge in [0.05, 0.1) is 10.6 Å². The van der Waals surface area contributed by atoms with E-state index in [2.05, 4.69) is 23.8 Å². The van der Waals surface area contributed by atoms with E-state index in [1.807, 2.05) is 0 Å². The number of rotatable bonds is 4. The minimum Gasteiger partial charge on any atom is -0.345 e. The topological polar surface area (TPSA) is 36.4 Å². The lowest BCUT2D eigenvalue weighted by Crippen LogP contribution is -2.51. The highest BCUT2D eigenvalue weighted by Crippen LogP contribution is 2.43. The van der Waals surface area contributed by atoms with Gasteiger partial charge in [-0.3, -0.25) is 9.69 Å². The molecule has 5 heteroatoms. The van der Waals surface area contributed by atoms with Crippen molar-refractivity contribution in [3.05, 3.63) is 10.6 Å². The average Bonchev–Trinajstić information content (AvgIpc) is 3.19. The minimum atomic E-state index is 0.555. The second-order valence-corrected chi connectivity index (χ2v) is 6.64. The van der Waals surface area contributed by atoms with Crippen LogP contribution < -0.4 is 4.90 Å². The molecule has 0 bridgehead atoms. The van der Waals surface area contributed by atoms with Crippen molar-refractivity contribution < 1.29 is 4.79 Å². The summed E-state index contributed by atoms with van der Waals surface area (Å²) in [6.07, 6.45) is 4.55. The Bertz CT molecular complexity index is 469. The SMILES string of the molecule is CCC1CN(c2nc(C3CC3)c(C=O)s2)CCN1C. The van der Waals surface area contributed by atoms with E-state index >= 15 is 0 Å². The summed E-state index contributed by atoms with van der Waals surface area (Å²) in [5.74, 6) is 0.555. The molecule has 0 aromatic carbocycles. The summed E-state index contributed by atoms with van der Waals surface area (Å²) in [5, 5.41) is 1.05. The van der Waals surface area contributed by atoms with Crippen LogP contribution in [0.25, 0.3) is 0 Å². The minimum absolute atomic E-state index is 0.555. The van der Waals surface area contributed by atoms with Crippen LogP contribution in [0.15, 0.2) is 0 Å². The summed E-state index contributed by atoms with van der Waals surface area (Å²) in [6, 6.07) is 0.599. The van der Waals surface area contributed by atoms with Crippen LogP contribution in [-0.4, -0.2) is 48.9 Å². The summed E-state index contributed by atoms with van der Waals surface area (Å²) < 4.78 is 0. The Morgan fingerprint density at radius 1 is 1.42 bits per heavy atom. The number of likely N-dealkylation sites (N-methyl/N-ethyl adjacent to an activating group) is 1. The van der Waals surface area contributed by atoms with Crippen LogP contribution in [0.4, 0.5) is 5.13 Å². The van der Waals surface area contributed by atoms with Crippen molar-refractivity contribution in [1.82, 2.24) is 9.88 Å². The molecule has 19 heavy (non-hydrogen) atoms. The van der Waals surface area contributed by atoms with Crippen LogP contribution in [0, 0.1) is 0 Å². The van der Waals surface area contributed by atoms with E-state index in [1.54, 1.807) is 11.3 Å². The molecule has 1 aliphatic carbocycles. The maximum absolute atomic E-state index is 11.2. The maximum atomic E-state index is 11.2. The standard InChI is InChI=1S/C14H21N3OS/c1-3-11-8-17(7-6-16(11)2)14-15-13(10-4-5-10)12(9-18)19-14/h9-11H,3-8H2,1-2H3. The third-order valence-corrected chi connectivity index (χ3v) is 5.32. The van der Waals surface area contributed by atoms with E-state index in [-0.39, 0.29) is 0 Å². The van der Waals surface area contributed by atoms with Crippen molar-refractivity contribution in [3.63, 3.8) is 0 Å². The summed E-state index contributed by atoms with van der Waals surface area (Å²) >= 11 is 1.58. The molecule has 1 saturated carbocycles. The molecule has 1 unspecified atom stereocenters. The fourth-order valence-electron chi connectivity index (χ4n) is 2.76. The molecule has 1 aromatic rings. The molecule has 3 rings (SSSR count). The number of anilines is 1. The number of hydrogen-bond donors (Lipinski definition) is 0. The molecule has 1 saturated heterocycles. The first-order chi connectivity index (χ1) is 9.22. The first-order valence-electron chi connectivity index (χ1n) is 7.14. The number of carbonyl (C=O) groups excluding carboxylic acids is 1. The van der Waals surface area contributed by atoms with Gasteiger partial charge >= 0.3 is 0 Å². The van der Waals surface area contributed by atoms with Gasteiger partial charge in [0.1, 0.15) is 0 Å². The third-order valence-electron chi connectivity index (χ3n) is 4.26. The van der Waals surface area contributed by atoms with Gasteiger partial charge in [-0.25, -0.2) is 4.98 Å². The van der Waals surface area contributed by atoms with Gasteiger partial charge in [-0.05, 0) is 26.3 Å². The molecule has 1 atom stereocenters. The number of thiazole rings is 1. The van der Waals surface area contributed by atoms with Crippen molar-refractivity contribution in [2.75, 3.05) is 31.6 Å². The maximum Gasteiger partial charge on any atom is 0.186 e. The molecular weight excluding hydrogens is 258 g/mol. The Morgan fingerprint density at radius 2 is 2.21 bits per heavy atom. The van der Waals surface area contributed by atoms with Crippen LogP contribution >= 0.6 is 11.3 Å². The monoisotopic (exact) mass is 279 g/mol. The summed E-state index contributed by atoms with van der Waals surface area (Å²) in [6.45, 7) is 5.36. The van der Waals surface area contributed by atoms with Crippen LogP contribution in [-0.2, 0) is 0 Å². The molecule has 1 aliphatic heterocycles. The van der Waals surface area contributed by atoms with Gasteiger partial charge in [-0.1, -0.05) is 18.3 Å². The smallest absolute Gasteiger partial charge is 0.186 e. The van der Waals surface area contributed by atoms with Crippen LogP contribution in [0.1, 0.15) is 47.5 Å². The lowest BCUT2D eigenvalue weighted by atomic mass is 10.1. The largest absolute Gasteiger partial charge is 0.345 e. The lowest BCUT2D eigenvalue weighted by molar-refractivity contribution is 0.112. The quantitative estimate of drug-likeness (QED) is 0.793. The van der Waals surface area contributed by atoms with E-state index in [1.165, 1.54) is 12.8 Å². The zero-order chi connectivity index (χ0) is 13.4. The third kappa shape index (κ3) is 2.54. The number of aromatic nitrogens is 1. The van der Waals surface area contributed by atoms with Gasteiger partial charge in [0, 0.05) is 31.6 Å². The average molecular weight is 279 g/mol. The van der Waals surface area contributed by atoms with Gasteiger partial charge in [-0.15, -0.1) is 0 Å². The van der Waals surface area contributed by atoms with E-state index in [0.29, 0.717) is 12.0 Å². The Hall–Kier alpha value is -0.940. The van der Waals surface area contributed by atoms with Gasteiger partial charge < -0.3 is 4.90 Å². The fourth-order valence-corrected chi connectivity index (χ4v) is 3.76. The van der Waals surface area contributed by atoms with Gasteiger partial charge in [0.2, 0.25) is 0 Å². The summed E-state index contributed by atoms with van der Waals surface area (Å²) in [5.41, 5.74) is 1.06. The summed E-state index contributed by atoms with van der Waals surface area (Å²) in [7, 11) is 2.19. The molecule has 0 N–H and O–H groups in total. The van der Waals surface area contributed by atoms with E-state index < -0.39 is 0 Å². The van der Waals surface area contributed by atoms with Crippen LogP contribution in [0.2, 0.25) is 0 Å². The lowest BCUT2D eigenvalue weighted by Gasteiger charge is -2.39. The zero-order valence-corrected chi connectivity index (χ0v) is 12.4. The predicted molar refractivity (Wildman–Crippen MR) is 78.4 cm³/mol. The Labute approximate surface area is 118 Å². The van der Waals surface area contributed by atoms with Gasteiger partial charge in [-0.2, -0.15) is 0 Å².